The Morgan fingerprint density at radius 1 is 1.50 bits per heavy atom. The summed E-state index contributed by atoms with van der Waals surface area (Å²) in [6.07, 6.45) is 1.14. The van der Waals surface area contributed by atoms with Crippen LogP contribution in [0.5, 0.6) is 0 Å². The number of rotatable bonds is 4. The second kappa shape index (κ2) is 4.58. The van der Waals surface area contributed by atoms with Gasteiger partial charge in [-0.15, -0.1) is 0 Å². The van der Waals surface area contributed by atoms with E-state index in [-0.39, 0.29) is 0 Å². The third-order valence-electron chi connectivity index (χ3n) is 2.37. The number of benzene rings is 1. The molecular formula is C11H13ClO2. The third-order valence-corrected chi connectivity index (χ3v) is 2.70. The van der Waals surface area contributed by atoms with E-state index < -0.39 is 5.60 Å². The van der Waals surface area contributed by atoms with Crippen molar-refractivity contribution in [2.24, 2.45) is 0 Å². The van der Waals surface area contributed by atoms with E-state index in [0.29, 0.717) is 11.4 Å². The lowest BCUT2D eigenvalue weighted by molar-refractivity contribution is -0.113. The number of carbonyl (C=O) groups excluding carboxylic acids is 1. The fraction of sp³-hybridized carbons (Fsp3) is 0.364. The predicted octanol–water partition coefficient (Wildman–Crippen LogP) is 2.79. The van der Waals surface area contributed by atoms with Crippen LogP contribution in [0.4, 0.5) is 0 Å². The molecule has 1 aromatic rings. The summed E-state index contributed by atoms with van der Waals surface area (Å²) in [5.41, 5.74) is 0.219. The largest absolute Gasteiger partial charge is 0.373 e. The fourth-order valence-corrected chi connectivity index (χ4v) is 1.69. The summed E-state index contributed by atoms with van der Waals surface area (Å²) in [5, 5.41) is 0.624. The van der Waals surface area contributed by atoms with Crippen molar-refractivity contribution in [3.05, 3.63) is 34.9 Å². The Bertz CT molecular complexity index is 325. The number of aldehydes is 1. The van der Waals surface area contributed by atoms with E-state index in [1.165, 1.54) is 0 Å². The molecule has 0 aliphatic rings. The minimum absolute atomic E-state index is 0.299. The Labute approximate surface area is 88.8 Å². The normalized spacial score (nSPS) is 14.8. The topological polar surface area (TPSA) is 26.3 Å². The van der Waals surface area contributed by atoms with E-state index in [2.05, 4.69) is 0 Å². The SMILES string of the molecule is COC(C)(CC=O)c1ccccc1Cl. The van der Waals surface area contributed by atoms with Crippen LogP contribution in [0.3, 0.4) is 0 Å². The molecule has 0 aliphatic heterocycles. The first kappa shape index (κ1) is 11.2. The maximum Gasteiger partial charge on any atom is 0.123 e. The molecule has 0 amide bonds. The van der Waals surface area contributed by atoms with Crippen molar-refractivity contribution >= 4 is 17.9 Å². The van der Waals surface area contributed by atoms with Crippen LogP contribution in [0.2, 0.25) is 5.02 Å². The highest BCUT2D eigenvalue weighted by Crippen LogP contribution is 2.32. The minimum atomic E-state index is -0.625. The molecule has 1 aromatic carbocycles. The van der Waals surface area contributed by atoms with Crippen molar-refractivity contribution in [2.45, 2.75) is 18.9 Å². The van der Waals surface area contributed by atoms with Crippen molar-refractivity contribution in [2.75, 3.05) is 7.11 Å². The minimum Gasteiger partial charge on any atom is -0.373 e. The van der Waals surface area contributed by atoms with Gasteiger partial charge in [0.25, 0.3) is 0 Å². The Morgan fingerprint density at radius 2 is 2.14 bits per heavy atom. The molecular weight excluding hydrogens is 200 g/mol. The van der Waals surface area contributed by atoms with Gasteiger partial charge >= 0.3 is 0 Å². The number of hydrogen-bond acceptors (Lipinski definition) is 2. The Kier molecular flexibility index (Phi) is 3.67. The molecule has 2 nitrogen and oxygen atoms in total. The van der Waals surface area contributed by atoms with Gasteiger partial charge in [-0.25, -0.2) is 0 Å². The molecule has 0 heterocycles. The van der Waals surface area contributed by atoms with Crippen LogP contribution in [-0.4, -0.2) is 13.4 Å². The lowest BCUT2D eigenvalue weighted by Crippen LogP contribution is -2.25. The van der Waals surface area contributed by atoms with Crippen LogP contribution in [0.25, 0.3) is 0 Å². The Hall–Kier alpha value is -0.860. The first-order valence-electron chi connectivity index (χ1n) is 4.38. The molecule has 0 N–H and O–H groups in total. The molecule has 1 rings (SSSR count). The monoisotopic (exact) mass is 212 g/mol. The molecule has 0 spiro atoms. The smallest absolute Gasteiger partial charge is 0.123 e. The zero-order chi connectivity index (χ0) is 10.6. The van der Waals surface area contributed by atoms with Crippen LogP contribution < -0.4 is 0 Å². The number of carbonyl (C=O) groups is 1. The predicted molar refractivity (Wildman–Crippen MR) is 56.5 cm³/mol. The molecule has 76 valence electrons. The van der Waals surface area contributed by atoms with Crippen LogP contribution in [0, 0.1) is 0 Å². The number of halogens is 1. The van der Waals surface area contributed by atoms with Gasteiger partial charge in [-0.05, 0) is 13.0 Å². The molecule has 0 bridgehead atoms. The lowest BCUT2D eigenvalue weighted by Gasteiger charge is -2.27. The average molecular weight is 213 g/mol. The van der Waals surface area contributed by atoms with E-state index in [4.69, 9.17) is 16.3 Å². The third kappa shape index (κ3) is 2.14. The molecule has 0 aliphatic carbocycles. The zero-order valence-corrected chi connectivity index (χ0v) is 9.04. The summed E-state index contributed by atoms with van der Waals surface area (Å²) < 4.78 is 5.33. The summed E-state index contributed by atoms with van der Waals surface area (Å²) >= 11 is 6.03. The maximum atomic E-state index is 10.5. The second-order valence-electron chi connectivity index (χ2n) is 3.29. The highest BCUT2D eigenvalue weighted by atomic mass is 35.5. The summed E-state index contributed by atoms with van der Waals surface area (Å²) in [6, 6.07) is 7.39. The molecule has 14 heavy (non-hydrogen) atoms. The van der Waals surface area contributed by atoms with Gasteiger partial charge in [-0.1, -0.05) is 29.8 Å². The van der Waals surface area contributed by atoms with Gasteiger partial charge in [0.05, 0.1) is 5.60 Å². The van der Waals surface area contributed by atoms with Crippen molar-refractivity contribution in [3.8, 4) is 0 Å². The van der Waals surface area contributed by atoms with Crippen molar-refractivity contribution < 1.29 is 9.53 Å². The molecule has 3 heteroatoms. The van der Waals surface area contributed by atoms with Gasteiger partial charge in [0.15, 0.2) is 0 Å². The van der Waals surface area contributed by atoms with E-state index in [1.807, 2.05) is 25.1 Å². The zero-order valence-electron chi connectivity index (χ0n) is 8.29. The van der Waals surface area contributed by atoms with Crippen molar-refractivity contribution in [3.63, 3.8) is 0 Å². The molecule has 0 aromatic heterocycles. The first-order valence-corrected chi connectivity index (χ1v) is 4.75. The van der Waals surface area contributed by atoms with Crippen LogP contribution in [0.15, 0.2) is 24.3 Å². The van der Waals surface area contributed by atoms with Gasteiger partial charge < -0.3 is 9.53 Å². The van der Waals surface area contributed by atoms with E-state index in [9.17, 15) is 4.79 Å². The standard InChI is InChI=1S/C11H13ClO2/c1-11(14-2,7-8-13)9-5-3-4-6-10(9)12/h3-6,8H,7H2,1-2H3. The summed E-state index contributed by atoms with van der Waals surface area (Å²) in [6.45, 7) is 1.85. The Morgan fingerprint density at radius 3 is 2.64 bits per heavy atom. The summed E-state index contributed by atoms with van der Waals surface area (Å²) in [4.78, 5) is 10.5. The highest BCUT2D eigenvalue weighted by molar-refractivity contribution is 6.31. The van der Waals surface area contributed by atoms with Gasteiger partial charge in [0, 0.05) is 24.1 Å². The molecule has 0 saturated heterocycles. The molecule has 1 atom stereocenters. The van der Waals surface area contributed by atoms with Crippen LogP contribution in [-0.2, 0) is 15.1 Å². The van der Waals surface area contributed by atoms with Gasteiger partial charge in [0.2, 0.25) is 0 Å². The van der Waals surface area contributed by atoms with Crippen LogP contribution in [0.1, 0.15) is 18.9 Å². The fourth-order valence-electron chi connectivity index (χ4n) is 1.35. The number of hydrogen-bond donors (Lipinski definition) is 0. The molecule has 0 radical (unpaired) electrons. The van der Waals surface area contributed by atoms with E-state index >= 15 is 0 Å². The molecule has 1 unspecified atom stereocenters. The summed E-state index contributed by atoms with van der Waals surface area (Å²) in [7, 11) is 1.58. The lowest BCUT2D eigenvalue weighted by atomic mass is 9.93. The highest BCUT2D eigenvalue weighted by Gasteiger charge is 2.27. The first-order chi connectivity index (χ1) is 6.64. The van der Waals surface area contributed by atoms with E-state index in [1.54, 1.807) is 13.2 Å². The van der Waals surface area contributed by atoms with Crippen molar-refractivity contribution in [1.82, 2.24) is 0 Å². The van der Waals surface area contributed by atoms with Crippen molar-refractivity contribution in [1.29, 1.82) is 0 Å². The number of methoxy groups -OCH3 is 1. The quantitative estimate of drug-likeness (QED) is 0.718. The average Bonchev–Trinajstić information content (AvgIpc) is 2.18. The summed E-state index contributed by atoms with van der Waals surface area (Å²) in [5.74, 6) is 0. The van der Waals surface area contributed by atoms with Gasteiger partial charge in [-0.2, -0.15) is 0 Å². The number of ether oxygens (including phenoxy) is 1. The van der Waals surface area contributed by atoms with Crippen LogP contribution >= 0.6 is 11.6 Å². The Balaban J connectivity index is 3.11. The molecule has 0 saturated carbocycles. The maximum absolute atomic E-state index is 10.5. The molecule has 0 fully saturated rings. The van der Waals surface area contributed by atoms with E-state index in [0.717, 1.165) is 11.8 Å². The second-order valence-corrected chi connectivity index (χ2v) is 3.69. The van der Waals surface area contributed by atoms with Gasteiger partial charge in [0.1, 0.15) is 6.29 Å². The van der Waals surface area contributed by atoms with Gasteiger partial charge in [-0.3, -0.25) is 0 Å².